The fourth-order valence-electron chi connectivity index (χ4n) is 2.57. The van der Waals surface area contributed by atoms with Gasteiger partial charge in [0, 0.05) is 18.8 Å². The third-order valence-corrected chi connectivity index (χ3v) is 3.56. The molecule has 5 nitrogen and oxygen atoms in total. The van der Waals surface area contributed by atoms with Crippen molar-refractivity contribution in [3.8, 4) is 0 Å². The van der Waals surface area contributed by atoms with Gasteiger partial charge in [-0.15, -0.1) is 0 Å². The molecule has 3 rings (SSSR count). The Bertz CT molecular complexity index is 551. The number of rotatable bonds is 3. The van der Waals surface area contributed by atoms with Crippen LogP contribution in [0.5, 0.6) is 0 Å². The number of aromatic amines is 1. The van der Waals surface area contributed by atoms with Crippen LogP contribution in [0.2, 0.25) is 0 Å². The molecule has 5 heteroatoms. The van der Waals surface area contributed by atoms with E-state index < -0.39 is 0 Å². The van der Waals surface area contributed by atoms with Crippen molar-refractivity contribution in [2.45, 2.75) is 31.4 Å². The molecule has 1 saturated carbocycles. The van der Waals surface area contributed by atoms with Crippen molar-refractivity contribution in [2.24, 2.45) is 0 Å². The van der Waals surface area contributed by atoms with Crippen molar-refractivity contribution in [2.75, 3.05) is 18.2 Å². The topological polar surface area (TPSA) is 76.0 Å². The summed E-state index contributed by atoms with van der Waals surface area (Å²) >= 11 is 0. The van der Waals surface area contributed by atoms with Gasteiger partial charge in [0.1, 0.15) is 0 Å². The highest BCUT2D eigenvalue weighted by molar-refractivity contribution is 5.80. The average Bonchev–Trinajstić information content (AvgIpc) is 2.95. The SMILES string of the molecule is COC1CCC(Nc2nc3ccc(N)cc3[nH]2)C1. The summed E-state index contributed by atoms with van der Waals surface area (Å²) in [5.74, 6) is 0.817. The van der Waals surface area contributed by atoms with Crippen LogP contribution in [0.1, 0.15) is 19.3 Å². The van der Waals surface area contributed by atoms with E-state index in [1.807, 2.05) is 18.2 Å². The van der Waals surface area contributed by atoms with Gasteiger partial charge in [0.2, 0.25) is 5.95 Å². The normalized spacial score (nSPS) is 23.6. The first-order valence-electron chi connectivity index (χ1n) is 6.29. The molecule has 2 atom stereocenters. The van der Waals surface area contributed by atoms with Gasteiger partial charge in [-0.25, -0.2) is 4.98 Å². The maximum absolute atomic E-state index is 5.75. The van der Waals surface area contributed by atoms with Crippen LogP contribution in [0.3, 0.4) is 0 Å². The summed E-state index contributed by atoms with van der Waals surface area (Å²) < 4.78 is 5.37. The lowest BCUT2D eigenvalue weighted by molar-refractivity contribution is 0.108. The Hall–Kier alpha value is -1.75. The van der Waals surface area contributed by atoms with Crippen LogP contribution in [0.25, 0.3) is 11.0 Å². The molecule has 96 valence electrons. The number of imidazole rings is 1. The Labute approximate surface area is 106 Å². The molecule has 0 spiro atoms. The van der Waals surface area contributed by atoms with Crippen molar-refractivity contribution in [3.63, 3.8) is 0 Å². The number of hydrogen-bond acceptors (Lipinski definition) is 4. The van der Waals surface area contributed by atoms with Crippen LogP contribution >= 0.6 is 0 Å². The molecule has 1 heterocycles. The lowest BCUT2D eigenvalue weighted by Gasteiger charge is -2.11. The standard InChI is InChI=1S/C13H18N4O/c1-18-10-4-3-9(7-10)15-13-16-11-5-2-8(14)6-12(11)17-13/h2,5-6,9-10H,3-4,7,14H2,1H3,(H2,15,16,17). The van der Waals surface area contributed by atoms with Gasteiger partial charge in [0.15, 0.2) is 0 Å². The fraction of sp³-hybridized carbons (Fsp3) is 0.462. The van der Waals surface area contributed by atoms with E-state index in [9.17, 15) is 0 Å². The summed E-state index contributed by atoms with van der Waals surface area (Å²) in [6, 6.07) is 6.13. The molecular weight excluding hydrogens is 228 g/mol. The number of anilines is 2. The molecule has 0 aliphatic heterocycles. The number of nitrogens with two attached hydrogens (primary N) is 1. The van der Waals surface area contributed by atoms with Crippen LogP contribution in [0, 0.1) is 0 Å². The monoisotopic (exact) mass is 246 g/mol. The van der Waals surface area contributed by atoms with E-state index in [1.54, 1.807) is 7.11 Å². The van der Waals surface area contributed by atoms with Gasteiger partial charge < -0.3 is 20.8 Å². The van der Waals surface area contributed by atoms with Crippen LogP contribution in [0.4, 0.5) is 11.6 Å². The lowest BCUT2D eigenvalue weighted by Crippen LogP contribution is -2.17. The zero-order valence-electron chi connectivity index (χ0n) is 10.4. The number of benzene rings is 1. The molecule has 1 fully saturated rings. The van der Waals surface area contributed by atoms with Gasteiger partial charge in [-0.1, -0.05) is 0 Å². The Kier molecular flexibility index (Phi) is 2.83. The molecular formula is C13H18N4O. The summed E-state index contributed by atoms with van der Waals surface area (Å²) in [5.41, 5.74) is 8.41. The van der Waals surface area contributed by atoms with Gasteiger partial charge in [-0.3, -0.25) is 0 Å². The van der Waals surface area contributed by atoms with Crippen molar-refractivity contribution >= 4 is 22.7 Å². The van der Waals surface area contributed by atoms with Gasteiger partial charge in [0.25, 0.3) is 0 Å². The van der Waals surface area contributed by atoms with E-state index in [-0.39, 0.29) is 0 Å². The molecule has 1 aromatic heterocycles. The van der Waals surface area contributed by atoms with Crippen molar-refractivity contribution in [1.82, 2.24) is 9.97 Å². The number of aromatic nitrogens is 2. The molecule has 4 N–H and O–H groups in total. The number of nitrogens with zero attached hydrogens (tertiary/aromatic N) is 1. The summed E-state index contributed by atoms with van der Waals surface area (Å²) in [4.78, 5) is 7.76. The van der Waals surface area contributed by atoms with Gasteiger partial charge >= 0.3 is 0 Å². The Balaban J connectivity index is 1.75. The fourth-order valence-corrected chi connectivity index (χ4v) is 2.57. The predicted molar refractivity (Wildman–Crippen MR) is 72.6 cm³/mol. The number of hydrogen-bond donors (Lipinski definition) is 3. The quantitative estimate of drug-likeness (QED) is 0.725. The maximum atomic E-state index is 5.75. The Morgan fingerprint density at radius 1 is 1.44 bits per heavy atom. The summed E-state index contributed by atoms with van der Waals surface area (Å²) in [6.45, 7) is 0. The first-order valence-corrected chi connectivity index (χ1v) is 6.29. The third kappa shape index (κ3) is 2.13. The molecule has 1 aliphatic carbocycles. The number of H-pyrrole nitrogens is 1. The number of nitrogen functional groups attached to an aromatic ring is 1. The number of ether oxygens (including phenoxy) is 1. The van der Waals surface area contributed by atoms with E-state index >= 15 is 0 Å². The minimum atomic E-state index is 0.377. The van der Waals surface area contributed by atoms with Crippen LogP contribution < -0.4 is 11.1 Å². The number of fused-ring (bicyclic) bond motifs is 1. The van der Waals surface area contributed by atoms with Gasteiger partial charge in [0.05, 0.1) is 17.1 Å². The van der Waals surface area contributed by atoms with Gasteiger partial charge in [-0.05, 0) is 37.5 Å². The maximum Gasteiger partial charge on any atom is 0.201 e. The molecule has 1 aliphatic rings. The van der Waals surface area contributed by atoms with E-state index in [1.165, 1.54) is 0 Å². The molecule has 0 bridgehead atoms. The molecule has 0 saturated heterocycles. The summed E-state index contributed by atoms with van der Waals surface area (Å²) in [7, 11) is 1.77. The van der Waals surface area contributed by atoms with E-state index in [4.69, 9.17) is 10.5 Å². The van der Waals surface area contributed by atoms with E-state index in [0.29, 0.717) is 12.1 Å². The van der Waals surface area contributed by atoms with Crippen molar-refractivity contribution < 1.29 is 4.74 Å². The van der Waals surface area contributed by atoms with Crippen LogP contribution in [0.15, 0.2) is 18.2 Å². The third-order valence-electron chi connectivity index (χ3n) is 3.56. The average molecular weight is 246 g/mol. The van der Waals surface area contributed by atoms with Gasteiger partial charge in [-0.2, -0.15) is 0 Å². The molecule has 1 aromatic carbocycles. The summed E-state index contributed by atoms with van der Waals surface area (Å²) in [6.07, 6.45) is 3.65. The smallest absolute Gasteiger partial charge is 0.201 e. The first-order chi connectivity index (χ1) is 8.74. The molecule has 0 radical (unpaired) electrons. The second kappa shape index (κ2) is 4.49. The predicted octanol–water partition coefficient (Wildman–Crippen LogP) is 2.12. The lowest BCUT2D eigenvalue weighted by atomic mass is 10.2. The highest BCUT2D eigenvalue weighted by Gasteiger charge is 2.24. The molecule has 2 unspecified atom stereocenters. The molecule has 18 heavy (non-hydrogen) atoms. The highest BCUT2D eigenvalue weighted by Crippen LogP contribution is 2.25. The number of methoxy groups -OCH3 is 1. The Morgan fingerprint density at radius 2 is 2.33 bits per heavy atom. The Morgan fingerprint density at radius 3 is 3.11 bits per heavy atom. The van der Waals surface area contributed by atoms with Crippen LogP contribution in [-0.2, 0) is 4.74 Å². The second-order valence-electron chi connectivity index (χ2n) is 4.87. The van der Waals surface area contributed by atoms with Crippen molar-refractivity contribution in [3.05, 3.63) is 18.2 Å². The molecule has 0 amide bonds. The van der Waals surface area contributed by atoms with Crippen molar-refractivity contribution in [1.29, 1.82) is 0 Å². The largest absolute Gasteiger partial charge is 0.399 e. The minimum Gasteiger partial charge on any atom is -0.399 e. The number of nitrogens with one attached hydrogen (secondary N) is 2. The summed E-state index contributed by atoms with van der Waals surface area (Å²) in [5, 5.41) is 3.43. The molecule has 2 aromatic rings. The van der Waals surface area contributed by atoms with Crippen LogP contribution in [-0.4, -0.2) is 29.2 Å². The zero-order chi connectivity index (χ0) is 12.5. The highest BCUT2D eigenvalue weighted by atomic mass is 16.5. The van der Waals surface area contributed by atoms with E-state index in [2.05, 4.69) is 15.3 Å². The minimum absolute atomic E-state index is 0.377. The first kappa shape index (κ1) is 11.3. The van der Waals surface area contributed by atoms with E-state index in [0.717, 1.165) is 41.9 Å². The second-order valence-corrected chi connectivity index (χ2v) is 4.87. The zero-order valence-corrected chi connectivity index (χ0v) is 10.4.